The van der Waals surface area contributed by atoms with Crippen LogP contribution in [0.25, 0.3) is 0 Å². The van der Waals surface area contributed by atoms with Gasteiger partial charge in [0.2, 0.25) is 0 Å². The number of ether oxygens (including phenoxy) is 2. The van der Waals surface area contributed by atoms with Crippen LogP contribution in [0.15, 0.2) is 6.07 Å². The fourth-order valence-corrected chi connectivity index (χ4v) is 2.37. The van der Waals surface area contributed by atoms with E-state index in [0.29, 0.717) is 0 Å². The zero-order valence-electron chi connectivity index (χ0n) is 12.0. The van der Waals surface area contributed by atoms with E-state index in [9.17, 15) is 0 Å². The highest BCUT2D eigenvalue weighted by molar-refractivity contribution is 5.50. The summed E-state index contributed by atoms with van der Waals surface area (Å²) in [6, 6.07) is 1.97. The van der Waals surface area contributed by atoms with Crippen molar-refractivity contribution in [2.24, 2.45) is 0 Å². The second-order valence-electron chi connectivity index (χ2n) is 4.64. The van der Waals surface area contributed by atoms with Crippen LogP contribution in [0.2, 0.25) is 0 Å². The van der Waals surface area contributed by atoms with Gasteiger partial charge < -0.3 is 19.7 Å². The van der Waals surface area contributed by atoms with Crippen molar-refractivity contribution in [2.75, 3.05) is 44.1 Å². The largest absolute Gasteiger partial charge is 0.377 e. The monoisotopic (exact) mass is 266 g/mol. The Morgan fingerprint density at radius 3 is 2.42 bits per heavy atom. The summed E-state index contributed by atoms with van der Waals surface area (Å²) in [7, 11) is 3.44. The minimum Gasteiger partial charge on any atom is -0.377 e. The lowest BCUT2D eigenvalue weighted by Gasteiger charge is -2.18. The van der Waals surface area contributed by atoms with Crippen molar-refractivity contribution in [2.45, 2.75) is 26.1 Å². The number of methoxy groups -OCH3 is 2. The predicted molar refractivity (Wildman–Crippen MR) is 74.7 cm³/mol. The number of aromatic nitrogens is 2. The van der Waals surface area contributed by atoms with Crippen LogP contribution in [0.5, 0.6) is 0 Å². The molecular weight excluding hydrogens is 244 g/mol. The lowest BCUT2D eigenvalue weighted by Crippen LogP contribution is -2.27. The highest BCUT2D eigenvalue weighted by Crippen LogP contribution is 2.23. The number of nitrogens with zero attached hydrogens (tertiary/aromatic N) is 3. The van der Waals surface area contributed by atoms with Crippen LogP contribution in [-0.4, -0.2) is 56.0 Å². The number of anilines is 2. The smallest absolute Gasteiger partial charge is 0.134 e. The molecule has 6 nitrogen and oxygen atoms in total. The first-order valence-corrected chi connectivity index (χ1v) is 6.58. The molecule has 0 amide bonds. The van der Waals surface area contributed by atoms with Gasteiger partial charge in [-0.3, -0.25) is 0 Å². The molecule has 1 saturated heterocycles. The molecule has 1 aromatic rings. The van der Waals surface area contributed by atoms with E-state index in [1.54, 1.807) is 14.2 Å². The molecule has 1 aliphatic rings. The van der Waals surface area contributed by atoms with Gasteiger partial charge in [0.1, 0.15) is 29.7 Å². The summed E-state index contributed by atoms with van der Waals surface area (Å²) in [6.07, 6.45) is 0.172. The van der Waals surface area contributed by atoms with Crippen LogP contribution in [0.1, 0.15) is 12.7 Å². The molecule has 0 bridgehead atoms. The van der Waals surface area contributed by atoms with E-state index in [1.807, 2.05) is 13.0 Å². The first-order valence-electron chi connectivity index (χ1n) is 6.58. The average molecular weight is 266 g/mol. The van der Waals surface area contributed by atoms with Gasteiger partial charge in [-0.25, -0.2) is 9.97 Å². The van der Waals surface area contributed by atoms with E-state index >= 15 is 0 Å². The molecule has 0 aromatic carbocycles. The minimum absolute atomic E-state index is 0.0860. The van der Waals surface area contributed by atoms with Crippen LogP contribution in [0, 0.1) is 6.92 Å². The normalized spacial score (nSPS) is 22.8. The van der Waals surface area contributed by atoms with Crippen LogP contribution in [0.3, 0.4) is 0 Å². The summed E-state index contributed by atoms with van der Waals surface area (Å²) in [5.41, 5.74) is 0. The molecule has 0 radical (unpaired) electrons. The maximum atomic E-state index is 5.45. The van der Waals surface area contributed by atoms with Gasteiger partial charge in [0.05, 0.1) is 0 Å². The Labute approximate surface area is 114 Å². The van der Waals surface area contributed by atoms with E-state index in [0.717, 1.165) is 37.1 Å². The molecule has 0 spiro atoms. The summed E-state index contributed by atoms with van der Waals surface area (Å²) >= 11 is 0. The maximum absolute atomic E-state index is 5.45. The van der Waals surface area contributed by atoms with Crippen molar-refractivity contribution in [1.29, 1.82) is 0 Å². The molecule has 1 aliphatic heterocycles. The number of hydrogen-bond acceptors (Lipinski definition) is 6. The van der Waals surface area contributed by atoms with Crippen molar-refractivity contribution < 1.29 is 9.47 Å². The second kappa shape index (κ2) is 6.16. The number of aryl methyl sites for hydroxylation is 1. The Hall–Kier alpha value is -1.40. The summed E-state index contributed by atoms with van der Waals surface area (Å²) in [5.74, 6) is 2.55. The van der Waals surface area contributed by atoms with Crippen molar-refractivity contribution in [3.8, 4) is 0 Å². The molecule has 1 aromatic heterocycles. The predicted octanol–water partition coefficient (Wildman–Crippen LogP) is 1.07. The molecule has 106 valence electrons. The van der Waals surface area contributed by atoms with Crippen LogP contribution in [-0.2, 0) is 9.47 Å². The Kier molecular flexibility index (Phi) is 4.55. The van der Waals surface area contributed by atoms with Crippen molar-refractivity contribution in [1.82, 2.24) is 9.97 Å². The lowest BCUT2D eigenvalue weighted by molar-refractivity contribution is -0.00461. The van der Waals surface area contributed by atoms with Gasteiger partial charge in [-0.05, 0) is 13.8 Å². The Morgan fingerprint density at radius 1 is 1.26 bits per heavy atom. The standard InChI is InChI=1S/C13H22N4O2/c1-5-14-12-6-13(16-9(2)15-12)17-7-10(18-3)11(8-17)19-4/h6,10-11H,5,7-8H2,1-4H3,(H,14,15,16). The van der Waals surface area contributed by atoms with E-state index in [4.69, 9.17) is 9.47 Å². The van der Waals surface area contributed by atoms with Gasteiger partial charge in [-0.2, -0.15) is 0 Å². The van der Waals surface area contributed by atoms with Gasteiger partial charge in [0.25, 0.3) is 0 Å². The van der Waals surface area contributed by atoms with Gasteiger partial charge in [-0.15, -0.1) is 0 Å². The quantitative estimate of drug-likeness (QED) is 0.860. The zero-order chi connectivity index (χ0) is 13.8. The van der Waals surface area contributed by atoms with Gasteiger partial charge in [0, 0.05) is 39.9 Å². The summed E-state index contributed by atoms with van der Waals surface area (Å²) in [6.45, 7) is 6.38. The van der Waals surface area contributed by atoms with E-state index in [1.165, 1.54) is 0 Å². The molecule has 2 rings (SSSR count). The third-order valence-corrected chi connectivity index (χ3v) is 3.33. The fourth-order valence-electron chi connectivity index (χ4n) is 2.37. The van der Waals surface area contributed by atoms with Gasteiger partial charge in [-0.1, -0.05) is 0 Å². The number of hydrogen-bond donors (Lipinski definition) is 1. The molecule has 0 aliphatic carbocycles. The Bertz CT molecular complexity index is 415. The third kappa shape index (κ3) is 3.13. The van der Waals surface area contributed by atoms with E-state index in [-0.39, 0.29) is 12.2 Å². The molecule has 19 heavy (non-hydrogen) atoms. The molecule has 0 saturated carbocycles. The zero-order valence-corrected chi connectivity index (χ0v) is 12.0. The molecule has 1 N–H and O–H groups in total. The minimum atomic E-state index is 0.0860. The van der Waals surface area contributed by atoms with Gasteiger partial charge >= 0.3 is 0 Å². The van der Waals surface area contributed by atoms with Crippen molar-refractivity contribution in [3.05, 3.63) is 11.9 Å². The Morgan fingerprint density at radius 2 is 1.89 bits per heavy atom. The molecular formula is C13H22N4O2. The number of rotatable bonds is 5. The SMILES string of the molecule is CCNc1cc(N2CC(OC)C(OC)C2)nc(C)n1. The third-order valence-electron chi connectivity index (χ3n) is 3.33. The first kappa shape index (κ1) is 14.0. The summed E-state index contributed by atoms with van der Waals surface area (Å²) < 4.78 is 10.9. The van der Waals surface area contributed by atoms with Crippen LogP contribution < -0.4 is 10.2 Å². The second-order valence-corrected chi connectivity index (χ2v) is 4.64. The number of nitrogens with one attached hydrogen (secondary N) is 1. The fraction of sp³-hybridized carbons (Fsp3) is 0.692. The first-order chi connectivity index (χ1) is 9.17. The summed E-state index contributed by atoms with van der Waals surface area (Å²) in [4.78, 5) is 11.0. The summed E-state index contributed by atoms with van der Waals surface area (Å²) in [5, 5.41) is 3.22. The Balaban J connectivity index is 2.18. The topological polar surface area (TPSA) is 59.5 Å². The molecule has 1 fully saturated rings. The van der Waals surface area contributed by atoms with Crippen molar-refractivity contribution in [3.63, 3.8) is 0 Å². The molecule has 2 heterocycles. The highest BCUT2D eigenvalue weighted by atomic mass is 16.5. The maximum Gasteiger partial charge on any atom is 0.134 e. The van der Waals surface area contributed by atoms with Crippen LogP contribution >= 0.6 is 0 Å². The molecule has 6 heteroatoms. The lowest BCUT2D eigenvalue weighted by atomic mass is 10.3. The van der Waals surface area contributed by atoms with Crippen LogP contribution in [0.4, 0.5) is 11.6 Å². The average Bonchev–Trinajstić information content (AvgIpc) is 2.81. The van der Waals surface area contributed by atoms with E-state index < -0.39 is 0 Å². The highest BCUT2D eigenvalue weighted by Gasteiger charge is 2.33. The van der Waals surface area contributed by atoms with Crippen molar-refractivity contribution >= 4 is 11.6 Å². The molecule has 2 unspecified atom stereocenters. The van der Waals surface area contributed by atoms with E-state index in [2.05, 4.69) is 27.1 Å². The molecule has 2 atom stereocenters. The van der Waals surface area contributed by atoms with Gasteiger partial charge in [0.15, 0.2) is 0 Å².